The molecule has 1 aromatic rings. The number of primary amides is 1. The number of hydrogen-bond acceptors (Lipinski definition) is 3. The van der Waals surface area contributed by atoms with E-state index in [1.807, 2.05) is 30.3 Å². The number of amides is 1. The van der Waals surface area contributed by atoms with Crippen molar-refractivity contribution in [2.45, 2.75) is 12.5 Å². The van der Waals surface area contributed by atoms with Crippen LogP contribution in [-0.2, 0) is 11.2 Å². The molecule has 1 aromatic carbocycles. The average molecular weight is 208 g/mol. The van der Waals surface area contributed by atoms with Crippen LogP contribution >= 0.6 is 0 Å². The summed E-state index contributed by atoms with van der Waals surface area (Å²) in [6.07, 6.45) is 0.810. The summed E-state index contributed by atoms with van der Waals surface area (Å²) in [6, 6.07) is 9.27. The molecule has 4 nitrogen and oxygen atoms in total. The van der Waals surface area contributed by atoms with E-state index in [1.165, 1.54) is 5.56 Å². The minimum Gasteiger partial charge on any atom is -0.394 e. The van der Waals surface area contributed by atoms with Gasteiger partial charge in [-0.05, 0) is 18.5 Å². The van der Waals surface area contributed by atoms with Crippen LogP contribution in [0.2, 0.25) is 0 Å². The molecule has 0 aliphatic rings. The standard InChI is InChI=1S/C11H16N2O2/c12-11(15)10(8-14)13-7-6-9-4-2-1-3-5-9/h1-5,10,13-14H,6-8H2,(H2,12,15). The first kappa shape index (κ1) is 11.7. The number of aliphatic hydroxyl groups excluding tert-OH is 1. The molecule has 1 amide bonds. The fourth-order valence-corrected chi connectivity index (χ4v) is 1.29. The Bertz CT molecular complexity index is 301. The van der Waals surface area contributed by atoms with E-state index in [2.05, 4.69) is 5.32 Å². The van der Waals surface area contributed by atoms with Gasteiger partial charge < -0.3 is 16.2 Å². The van der Waals surface area contributed by atoms with Crippen molar-refractivity contribution in [2.75, 3.05) is 13.2 Å². The molecule has 4 N–H and O–H groups in total. The van der Waals surface area contributed by atoms with Crippen LogP contribution in [0.25, 0.3) is 0 Å². The van der Waals surface area contributed by atoms with Gasteiger partial charge in [0.1, 0.15) is 6.04 Å². The first-order valence-electron chi connectivity index (χ1n) is 4.91. The second-order valence-electron chi connectivity index (χ2n) is 3.33. The molecule has 0 fully saturated rings. The normalized spacial score (nSPS) is 12.3. The molecule has 4 heteroatoms. The molecule has 15 heavy (non-hydrogen) atoms. The van der Waals surface area contributed by atoms with Crippen molar-refractivity contribution >= 4 is 5.91 Å². The SMILES string of the molecule is NC(=O)C(CO)NCCc1ccccc1. The number of hydrogen-bond donors (Lipinski definition) is 3. The van der Waals surface area contributed by atoms with Crippen LogP contribution in [0.3, 0.4) is 0 Å². The second-order valence-corrected chi connectivity index (χ2v) is 3.33. The van der Waals surface area contributed by atoms with Crippen LogP contribution in [0, 0.1) is 0 Å². The Morgan fingerprint density at radius 1 is 1.40 bits per heavy atom. The molecular formula is C11H16N2O2. The van der Waals surface area contributed by atoms with Crippen LogP contribution in [0.1, 0.15) is 5.56 Å². The lowest BCUT2D eigenvalue weighted by molar-refractivity contribution is -0.120. The van der Waals surface area contributed by atoms with Gasteiger partial charge in [-0.2, -0.15) is 0 Å². The third kappa shape index (κ3) is 4.10. The summed E-state index contributed by atoms with van der Waals surface area (Å²) in [6.45, 7) is 0.363. The van der Waals surface area contributed by atoms with Crippen LogP contribution in [0.5, 0.6) is 0 Å². The Morgan fingerprint density at radius 2 is 2.07 bits per heavy atom. The molecule has 0 heterocycles. The van der Waals surface area contributed by atoms with E-state index in [0.717, 1.165) is 6.42 Å². The fourth-order valence-electron chi connectivity index (χ4n) is 1.29. The molecule has 1 rings (SSSR count). The Kier molecular flexibility index (Phi) is 4.80. The zero-order chi connectivity index (χ0) is 11.1. The zero-order valence-corrected chi connectivity index (χ0v) is 8.52. The third-order valence-electron chi connectivity index (χ3n) is 2.17. The van der Waals surface area contributed by atoms with Crippen molar-refractivity contribution in [3.05, 3.63) is 35.9 Å². The monoisotopic (exact) mass is 208 g/mol. The highest BCUT2D eigenvalue weighted by molar-refractivity contribution is 5.79. The maximum Gasteiger partial charge on any atom is 0.236 e. The molecule has 0 saturated carbocycles. The highest BCUT2D eigenvalue weighted by Crippen LogP contribution is 1.98. The van der Waals surface area contributed by atoms with Crippen molar-refractivity contribution in [3.8, 4) is 0 Å². The second kappa shape index (κ2) is 6.16. The molecule has 1 atom stereocenters. The lowest BCUT2D eigenvalue weighted by Crippen LogP contribution is -2.44. The largest absolute Gasteiger partial charge is 0.394 e. The van der Waals surface area contributed by atoms with Gasteiger partial charge in [0, 0.05) is 0 Å². The van der Waals surface area contributed by atoms with Crippen molar-refractivity contribution in [1.82, 2.24) is 5.32 Å². The Morgan fingerprint density at radius 3 is 2.60 bits per heavy atom. The molecule has 0 aromatic heterocycles. The molecular weight excluding hydrogens is 192 g/mol. The van der Waals surface area contributed by atoms with Crippen molar-refractivity contribution in [3.63, 3.8) is 0 Å². The van der Waals surface area contributed by atoms with Crippen LogP contribution in [-0.4, -0.2) is 30.2 Å². The molecule has 0 saturated heterocycles. The fraction of sp³-hybridized carbons (Fsp3) is 0.364. The van der Waals surface area contributed by atoms with Crippen LogP contribution < -0.4 is 11.1 Å². The summed E-state index contributed by atoms with van der Waals surface area (Å²) >= 11 is 0. The minimum atomic E-state index is -0.645. The van der Waals surface area contributed by atoms with Gasteiger partial charge in [0.05, 0.1) is 6.61 Å². The van der Waals surface area contributed by atoms with E-state index in [-0.39, 0.29) is 6.61 Å². The maximum atomic E-state index is 10.8. The summed E-state index contributed by atoms with van der Waals surface area (Å²) in [7, 11) is 0. The van der Waals surface area contributed by atoms with Gasteiger partial charge in [-0.15, -0.1) is 0 Å². The average Bonchev–Trinajstić information content (AvgIpc) is 2.25. The summed E-state index contributed by atoms with van der Waals surface area (Å²) in [5.74, 6) is -0.523. The number of benzene rings is 1. The third-order valence-corrected chi connectivity index (χ3v) is 2.17. The molecule has 1 unspecified atom stereocenters. The predicted octanol–water partition coefficient (Wildman–Crippen LogP) is -0.335. The van der Waals surface area contributed by atoms with E-state index in [1.54, 1.807) is 0 Å². The summed E-state index contributed by atoms with van der Waals surface area (Å²) in [5, 5.41) is 11.7. The molecule has 0 radical (unpaired) electrons. The van der Waals surface area contributed by atoms with Gasteiger partial charge >= 0.3 is 0 Å². The maximum absolute atomic E-state index is 10.8. The summed E-state index contributed by atoms with van der Waals surface area (Å²) in [4.78, 5) is 10.8. The summed E-state index contributed by atoms with van der Waals surface area (Å²) in [5.41, 5.74) is 6.25. The van der Waals surface area contributed by atoms with Gasteiger partial charge in [0.2, 0.25) is 5.91 Å². The number of carbonyl (C=O) groups is 1. The Labute approximate surface area is 89.1 Å². The minimum absolute atomic E-state index is 0.260. The van der Waals surface area contributed by atoms with Gasteiger partial charge in [0.15, 0.2) is 0 Å². The molecule has 82 valence electrons. The number of rotatable bonds is 6. The van der Waals surface area contributed by atoms with Crippen molar-refractivity contribution < 1.29 is 9.90 Å². The molecule has 0 aliphatic heterocycles. The first-order valence-corrected chi connectivity index (χ1v) is 4.91. The van der Waals surface area contributed by atoms with E-state index in [9.17, 15) is 4.79 Å². The highest BCUT2D eigenvalue weighted by Gasteiger charge is 2.11. The lowest BCUT2D eigenvalue weighted by Gasteiger charge is -2.11. The summed E-state index contributed by atoms with van der Waals surface area (Å²) < 4.78 is 0. The van der Waals surface area contributed by atoms with Gasteiger partial charge in [-0.1, -0.05) is 30.3 Å². The lowest BCUT2D eigenvalue weighted by atomic mass is 10.1. The predicted molar refractivity (Wildman–Crippen MR) is 58.2 cm³/mol. The van der Waals surface area contributed by atoms with Gasteiger partial charge in [-0.3, -0.25) is 4.79 Å². The van der Waals surface area contributed by atoms with E-state index in [4.69, 9.17) is 10.8 Å². The van der Waals surface area contributed by atoms with E-state index in [0.29, 0.717) is 6.54 Å². The van der Waals surface area contributed by atoms with Crippen molar-refractivity contribution in [2.24, 2.45) is 5.73 Å². The smallest absolute Gasteiger partial charge is 0.236 e. The first-order chi connectivity index (χ1) is 7.24. The van der Waals surface area contributed by atoms with Crippen LogP contribution in [0.4, 0.5) is 0 Å². The Hall–Kier alpha value is -1.39. The number of nitrogens with two attached hydrogens (primary N) is 1. The highest BCUT2D eigenvalue weighted by atomic mass is 16.3. The molecule has 0 bridgehead atoms. The van der Waals surface area contributed by atoms with Gasteiger partial charge in [-0.25, -0.2) is 0 Å². The number of aliphatic hydroxyl groups is 1. The molecule has 0 aliphatic carbocycles. The molecule has 0 spiro atoms. The van der Waals surface area contributed by atoms with E-state index < -0.39 is 11.9 Å². The zero-order valence-electron chi connectivity index (χ0n) is 8.52. The Balaban J connectivity index is 2.30. The van der Waals surface area contributed by atoms with E-state index >= 15 is 0 Å². The number of carbonyl (C=O) groups excluding carboxylic acids is 1. The quantitative estimate of drug-likeness (QED) is 0.599. The van der Waals surface area contributed by atoms with Gasteiger partial charge in [0.25, 0.3) is 0 Å². The number of nitrogens with one attached hydrogen (secondary N) is 1. The topological polar surface area (TPSA) is 75.4 Å². The van der Waals surface area contributed by atoms with Crippen LogP contribution in [0.15, 0.2) is 30.3 Å². The van der Waals surface area contributed by atoms with Crippen molar-refractivity contribution in [1.29, 1.82) is 0 Å².